The molecular formula is C27H34F2O7. The van der Waals surface area contributed by atoms with E-state index in [0.717, 1.165) is 13.0 Å². The van der Waals surface area contributed by atoms with E-state index >= 15 is 8.78 Å². The summed E-state index contributed by atoms with van der Waals surface area (Å²) in [6, 6.07) is 0. The topological polar surface area (TPSA) is 107 Å². The highest BCUT2D eigenvalue weighted by Crippen LogP contribution is 2.70. The molecule has 0 aromatic rings. The minimum atomic E-state index is -2.30. The molecule has 4 aliphatic rings. The van der Waals surface area contributed by atoms with Crippen LogP contribution in [0, 0.1) is 22.7 Å². The van der Waals surface area contributed by atoms with E-state index in [2.05, 4.69) is 0 Å². The number of rotatable bonds is 6. The second kappa shape index (κ2) is 8.85. The molecule has 36 heavy (non-hydrogen) atoms. The molecule has 0 aliphatic heterocycles. The molecular weight excluding hydrogens is 474 g/mol. The first-order valence-corrected chi connectivity index (χ1v) is 12.6. The summed E-state index contributed by atoms with van der Waals surface area (Å²) in [7, 11) is 0. The van der Waals surface area contributed by atoms with Gasteiger partial charge in [-0.25, -0.2) is 8.78 Å². The Balaban J connectivity index is 1.80. The van der Waals surface area contributed by atoms with Crippen LogP contribution in [0.15, 0.2) is 23.8 Å². The molecule has 4 aliphatic carbocycles. The molecule has 198 valence electrons. The summed E-state index contributed by atoms with van der Waals surface area (Å²) < 4.78 is 43.6. The van der Waals surface area contributed by atoms with Crippen LogP contribution in [0.5, 0.6) is 0 Å². The Morgan fingerprint density at radius 2 is 1.92 bits per heavy atom. The van der Waals surface area contributed by atoms with Gasteiger partial charge in [-0.15, -0.1) is 0 Å². The summed E-state index contributed by atoms with van der Waals surface area (Å²) in [5, 5.41) is 11.4. The van der Waals surface area contributed by atoms with Crippen LogP contribution in [0.2, 0.25) is 0 Å². The first-order valence-electron chi connectivity index (χ1n) is 12.6. The number of aliphatic hydroxyl groups is 1. The Hall–Kier alpha value is -2.42. The number of ether oxygens (including phenoxy) is 2. The molecule has 0 amide bonds. The molecule has 0 aromatic heterocycles. The first kappa shape index (κ1) is 26.6. The van der Waals surface area contributed by atoms with E-state index < -0.39 is 76.3 Å². The van der Waals surface area contributed by atoms with Crippen molar-refractivity contribution in [3.05, 3.63) is 23.8 Å². The van der Waals surface area contributed by atoms with Crippen molar-refractivity contribution in [2.75, 3.05) is 6.61 Å². The minimum absolute atomic E-state index is 0.0148. The fourth-order valence-electron chi connectivity index (χ4n) is 7.61. The second-order valence-corrected chi connectivity index (χ2v) is 11.2. The molecule has 8 atom stereocenters. The third kappa shape index (κ3) is 3.52. The van der Waals surface area contributed by atoms with Gasteiger partial charge in [0.25, 0.3) is 0 Å². The third-order valence-electron chi connectivity index (χ3n) is 9.35. The van der Waals surface area contributed by atoms with Crippen LogP contribution < -0.4 is 0 Å². The lowest BCUT2D eigenvalue weighted by Gasteiger charge is -2.63. The Bertz CT molecular complexity index is 1050. The maximum absolute atomic E-state index is 17.2. The molecule has 0 radical (unpaired) electrons. The van der Waals surface area contributed by atoms with Gasteiger partial charge in [0.2, 0.25) is 5.78 Å². The van der Waals surface area contributed by atoms with Gasteiger partial charge in [0.1, 0.15) is 6.17 Å². The number of fused-ring (bicyclic) bond motifs is 5. The van der Waals surface area contributed by atoms with Gasteiger partial charge in [-0.3, -0.25) is 19.2 Å². The van der Waals surface area contributed by atoms with Gasteiger partial charge in [0.15, 0.2) is 23.7 Å². The van der Waals surface area contributed by atoms with E-state index in [9.17, 15) is 24.3 Å². The van der Waals surface area contributed by atoms with E-state index in [1.165, 1.54) is 19.1 Å². The number of esters is 2. The van der Waals surface area contributed by atoms with Crippen molar-refractivity contribution in [3.8, 4) is 0 Å². The Morgan fingerprint density at radius 3 is 2.56 bits per heavy atom. The molecule has 0 bridgehead atoms. The Labute approximate surface area is 209 Å². The molecule has 1 N–H and O–H groups in total. The smallest absolute Gasteiger partial charge is 0.306 e. The molecule has 3 fully saturated rings. The second-order valence-electron chi connectivity index (χ2n) is 11.2. The zero-order valence-corrected chi connectivity index (χ0v) is 21.1. The summed E-state index contributed by atoms with van der Waals surface area (Å²) in [4.78, 5) is 49.6. The predicted octanol–water partition coefficient (Wildman–Crippen LogP) is 3.52. The molecule has 0 aromatic carbocycles. The van der Waals surface area contributed by atoms with Crippen LogP contribution in [0.1, 0.15) is 66.2 Å². The molecule has 4 rings (SSSR count). The number of ketones is 2. The number of alkyl halides is 2. The monoisotopic (exact) mass is 508 g/mol. The van der Waals surface area contributed by atoms with Crippen LogP contribution in [-0.4, -0.2) is 58.8 Å². The molecule has 0 heterocycles. The van der Waals surface area contributed by atoms with Crippen LogP contribution in [0.3, 0.4) is 0 Å². The SMILES string of the molecule is CCCC(=O)O[C@]1(C(=O)COC(C)=O)CC[C@H]2C3C[C@H](F)C4=CC(=O)C=CC4(C)[C@@]3(F)[C@@H](O)CC21C. The van der Waals surface area contributed by atoms with Gasteiger partial charge in [-0.2, -0.15) is 0 Å². The zero-order valence-electron chi connectivity index (χ0n) is 21.1. The normalized spacial score (nSPS) is 43.1. The summed E-state index contributed by atoms with van der Waals surface area (Å²) >= 11 is 0. The van der Waals surface area contributed by atoms with E-state index in [1.54, 1.807) is 13.8 Å². The third-order valence-corrected chi connectivity index (χ3v) is 9.35. The summed E-state index contributed by atoms with van der Waals surface area (Å²) in [6.45, 7) is 5.50. The number of Topliss-reactive ketones (excluding diaryl/α,β-unsaturated/α-hetero) is 1. The minimum Gasteiger partial charge on any atom is -0.458 e. The largest absolute Gasteiger partial charge is 0.458 e. The molecule has 0 spiro atoms. The maximum atomic E-state index is 17.2. The van der Waals surface area contributed by atoms with Gasteiger partial charge < -0.3 is 14.6 Å². The van der Waals surface area contributed by atoms with Gasteiger partial charge in [-0.1, -0.05) is 19.9 Å². The first-order chi connectivity index (χ1) is 16.8. The highest BCUT2D eigenvalue weighted by Gasteiger charge is 2.76. The molecule has 9 heteroatoms. The van der Waals surface area contributed by atoms with E-state index in [-0.39, 0.29) is 37.7 Å². The van der Waals surface area contributed by atoms with Crippen molar-refractivity contribution in [2.45, 2.75) is 89.8 Å². The predicted molar refractivity (Wildman–Crippen MR) is 124 cm³/mol. The molecule has 0 saturated heterocycles. The number of carbonyl (C=O) groups excluding carboxylic acids is 4. The summed E-state index contributed by atoms with van der Waals surface area (Å²) in [5.74, 6) is -3.96. The highest BCUT2D eigenvalue weighted by atomic mass is 19.1. The number of halogens is 2. The number of allylic oxidation sites excluding steroid dienone is 4. The summed E-state index contributed by atoms with van der Waals surface area (Å²) in [6.07, 6.45) is 0.783. The Morgan fingerprint density at radius 1 is 1.22 bits per heavy atom. The number of hydrogen-bond acceptors (Lipinski definition) is 7. The number of hydrogen-bond donors (Lipinski definition) is 1. The van der Waals surface area contributed by atoms with Crippen molar-refractivity contribution >= 4 is 23.5 Å². The Kier molecular flexibility index (Phi) is 6.55. The van der Waals surface area contributed by atoms with Gasteiger partial charge in [-0.05, 0) is 62.7 Å². The van der Waals surface area contributed by atoms with Gasteiger partial charge in [0, 0.05) is 30.1 Å². The van der Waals surface area contributed by atoms with Crippen LogP contribution in [0.25, 0.3) is 0 Å². The van der Waals surface area contributed by atoms with Gasteiger partial charge in [0.05, 0.1) is 6.10 Å². The average Bonchev–Trinajstić information content (AvgIpc) is 3.08. The quantitative estimate of drug-likeness (QED) is 0.547. The van der Waals surface area contributed by atoms with Gasteiger partial charge >= 0.3 is 11.9 Å². The lowest BCUT2D eigenvalue weighted by molar-refractivity contribution is -0.229. The van der Waals surface area contributed by atoms with Crippen LogP contribution >= 0.6 is 0 Å². The van der Waals surface area contributed by atoms with Crippen molar-refractivity contribution in [1.82, 2.24) is 0 Å². The van der Waals surface area contributed by atoms with E-state index in [0.29, 0.717) is 6.42 Å². The fraction of sp³-hybridized carbons (Fsp3) is 0.704. The standard InChI is InChI=1S/C27H34F2O7/c1-5-6-23(34)36-26(22(33)14-35-15(2)30)10-8-17-18-12-20(28)19-11-16(31)7-9-24(19,3)27(18,29)21(32)13-25(17,26)4/h7,9,11,17-18,20-21,32H,5-6,8,10,12-14H2,1-4H3/t17-,18?,20-,21-,24?,25?,26-,27-/m0/s1. The number of aliphatic hydroxyl groups excluding tert-OH is 1. The molecule has 3 unspecified atom stereocenters. The van der Waals surface area contributed by atoms with Crippen LogP contribution in [-0.2, 0) is 28.7 Å². The fourth-order valence-corrected chi connectivity index (χ4v) is 7.61. The number of carbonyl (C=O) groups is 4. The molecule has 3 saturated carbocycles. The van der Waals surface area contributed by atoms with Crippen molar-refractivity contribution in [3.63, 3.8) is 0 Å². The van der Waals surface area contributed by atoms with Crippen molar-refractivity contribution in [1.29, 1.82) is 0 Å². The summed E-state index contributed by atoms with van der Waals surface area (Å²) in [5.41, 5.74) is -6.80. The zero-order chi connectivity index (χ0) is 26.7. The van der Waals surface area contributed by atoms with E-state index in [1.807, 2.05) is 0 Å². The van der Waals surface area contributed by atoms with Crippen molar-refractivity contribution < 1.29 is 42.5 Å². The lowest BCUT2D eigenvalue weighted by atomic mass is 9.44. The van der Waals surface area contributed by atoms with Crippen molar-refractivity contribution in [2.24, 2.45) is 22.7 Å². The maximum Gasteiger partial charge on any atom is 0.306 e. The van der Waals surface area contributed by atoms with E-state index in [4.69, 9.17) is 9.47 Å². The molecule has 7 nitrogen and oxygen atoms in total. The highest BCUT2D eigenvalue weighted by molar-refractivity contribution is 6.01. The lowest BCUT2D eigenvalue weighted by Crippen LogP contribution is -2.70. The average molecular weight is 509 g/mol. The van der Waals surface area contributed by atoms with Crippen LogP contribution in [0.4, 0.5) is 8.78 Å².